The topological polar surface area (TPSA) is 95.5 Å². The highest BCUT2D eigenvalue weighted by atomic mass is 32.2. The first-order valence-electron chi connectivity index (χ1n) is 11.9. The van der Waals surface area contributed by atoms with E-state index in [1.807, 2.05) is 4.90 Å². The minimum absolute atomic E-state index is 0.0514. The number of carbonyl (C=O) groups excluding carboxylic acids is 1. The third-order valence-corrected chi connectivity index (χ3v) is 9.44. The van der Waals surface area contributed by atoms with E-state index in [-0.39, 0.29) is 22.5 Å². The van der Waals surface area contributed by atoms with E-state index in [0.717, 1.165) is 50.7 Å². The summed E-state index contributed by atoms with van der Waals surface area (Å²) < 4.78 is 25.6. The van der Waals surface area contributed by atoms with Gasteiger partial charge in [0.2, 0.25) is 5.91 Å². The predicted octanol–water partition coefficient (Wildman–Crippen LogP) is 1.94. The molecule has 3 saturated heterocycles. The summed E-state index contributed by atoms with van der Waals surface area (Å²) in [5.41, 5.74) is 1.11. The highest BCUT2D eigenvalue weighted by Crippen LogP contribution is 2.41. The number of hydrogen-bond donors (Lipinski definition) is 1. The molecule has 1 N–H and O–H groups in total. The third-order valence-electron chi connectivity index (χ3n) is 8.32. The molecule has 3 fully saturated rings. The molecule has 2 bridgehead atoms. The van der Waals surface area contributed by atoms with Crippen LogP contribution >= 0.6 is 0 Å². The molecular weight excluding hydrogens is 440 g/mol. The number of rotatable bonds is 4. The van der Waals surface area contributed by atoms with E-state index in [2.05, 4.69) is 22.0 Å². The number of sulfone groups is 1. The maximum Gasteiger partial charge on any atom is 0.326 e. The second-order valence-corrected chi connectivity index (χ2v) is 12.3. The van der Waals surface area contributed by atoms with Crippen LogP contribution in [0.4, 0.5) is 0 Å². The number of hydrogen-bond acceptors (Lipinski definition) is 5. The van der Waals surface area contributed by atoms with Gasteiger partial charge in [-0.25, -0.2) is 13.2 Å². The van der Waals surface area contributed by atoms with Crippen molar-refractivity contribution in [2.45, 2.75) is 55.1 Å². The van der Waals surface area contributed by atoms with Gasteiger partial charge in [0, 0.05) is 37.5 Å². The summed E-state index contributed by atoms with van der Waals surface area (Å²) in [6, 6.07) is 5.50. The Morgan fingerprint density at radius 3 is 2.58 bits per heavy atom. The maximum atomic E-state index is 13.1. The number of aromatic nitrogens is 2. The first-order chi connectivity index (χ1) is 15.8. The molecule has 4 heterocycles. The van der Waals surface area contributed by atoms with Gasteiger partial charge in [-0.2, -0.15) is 0 Å². The van der Waals surface area contributed by atoms with Crippen molar-refractivity contribution in [2.24, 2.45) is 11.8 Å². The lowest BCUT2D eigenvalue weighted by molar-refractivity contribution is -0.133. The Morgan fingerprint density at radius 2 is 1.88 bits per heavy atom. The van der Waals surface area contributed by atoms with Gasteiger partial charge in [-0.1, -0.05) is 12.2 Å². The van der Waals surface area contributed by atoms with Crippen molar-refractivity contribution in [1.82, 2.24) is 19.4 Å². The number of benzene rings is 1. The smallest absolute Gasteiger partial charge is 0.326 e. The molecule has 0 radical (unpaired) electrons. The molecule has 0 saturated carbocycles. The van der Waals surface area contributed by atoms with E-state index in [4.69, 9.17) is 0 Å². The molecule has 176 valence electrons. The van der Waals surface area contributed by atoms with Gasteiger partial charge in [0.05, 0.1) is 22.5 Å². The summed E-state index contributed by atoms with van der Waals surface area (Å²) in [4.78, 5) is 33.4. The Labute approximate surface area is 193 Å². The van der Waals surface area contributed by atoms with Gasteiger partial charge in [-0.3, -0.25) is 14.3 Å². The molecule has 4 atom stereocenters. The van der Waals surface area contributed by atoms with Crippen molar-refractivity contribution in [3.8, 4) is 0 Å². The third kappa shape index (κ3) is 3.56. The van der Waals surface area contributed by atoms with Crippen LogP contribution in [0.15, 0.2) is 40.0 Å². The van der Waals surface area contributed by atoms with Gasteiger partial charge in [0.25, 0.3) is 0 Å². The van der Waals surface area contributed by atoms with E-state index < -0.39 is 9.84 Å². The van der Waals surface area contributed by atoms with Crippen molar-refractivity contribution in [2.75, 3.05) is 25.9 Å². The fourth-order valence-electron chi connectivity index (χ4n) is 6.67. The van der Waals surface area contributed by atoms with E-state index >= 15 is 0 Å². The normalized spacial score (nSPS) is 31.5. The minimum Gasteiger partial charge on any atom is -0.341 e. The number of nitrogens with one attached hydrogen (secondary N) is 1. The zero-order chi connectivity index (χ0) is 22.9. The summed E-state index contributed by atoms with van der Waals surface area (Å²) in [6.45, 7) is 2.21. The van der Waals surface area contributed by atoms with Crippen molar-refractivity contribution in [1.29, 1.82) is 0 Å². The van der Waals surface area contributed by atoms with Crippen molar-refractivity contribution >= 4 is 26.8 Å². The molecule has 6 rings (SSSR count). The van der Waals surface area contributed by atoms with Gasteiger partial charge >= 0.3 is 5.69 Å². The number of nitrogens with zero attached hydrogens (tertiary/aromatic N) is 3. The molecule has 4 unspecified atom stereocenters. The monoisotopic (exact) mass is 470 g/mol. The van der Waals surface area contributed by atoms with Crippen LogP contribution in [0.2, 0.25) is 0 Å². The molecule has 1 aliphatic carbocycles. The first kappa shape index (κ1) is 21.2. The second kappa shape index (κ2) is 7.56. The maximum absolute atomic E-state index is 13.1. The van der Waals surface area contributed by atoms with Crippen LogP contribution in [0.25, 0.3) is 11.0 Å². The lowest BCUT2D eigenvalue weighted by Gasteiger charge is -2.39. The number of H-pyrrole nitrogens is 1. The van der Waals surface area contributed by atoms with E-state index in [9.17, 15) is 18.0 Å². The number of likely N-dealkylation sites (tertiary alicyclic amines) is 1. The molecule has 3 aliphatic heterocycles. The van der Waals surface area contributed by atoms with Gasteiger partial charge in [-0.15, -0.1) is 0 Å². The Balaban J connectivity index is 1.19. The summed E-state index contributed by atoms with van der Waals surface area (Å²) in [6.07, 6.45) is 10.5. The van der Waals surface area contributed by atoms with Crippen LogP contribution in [0.3, 0.4) is 0 Å². The van der Waals surface area contributed by atoms with Crippen LogP contribution < -0.4 is 5.69 Å². The molecule has 8 nitrogen and oxygen atoms in total. The zero-order valence-corrected chi connectivity index (χ0v) is 19.6. The van der Waals surface area contributed by atoms with Gasteiger partial charge in [-0.05, 0) is 62.1 Å². The number of carbonyl (C=O) groups is 1. The molecule has 1 amide bonds. The molecule has 0 spiro atoms. The van der Waals surface area contributed by atoms with Crippen LogP contribution in [0.1, 0.15) is 38.1 Å². The Kier molecular flexibility index (Phi) is 4.85. The van der Waals surface area contributed by atoms with Crippen LogP contribution in [-0.2, 0) is 14.6 Å². The Hall–Kier alpha value is -2.39. The standard InChI is InChI=1S/C24H30N4O4S/c1-33(31,32)20-7-8-22-21(11-20)25-24(30)28(22)19-9-17-5-6-18(10-19)27(17)14-23(29)26-12-15-3-2-4-16(15)13-26/h2-3,7-8,11,15-19H,4-6,9-10,12-14H2,1H3,(H,25,30). The number of piperidine rings is 1. The van der Waals surface area contributed by atoms with Crippen LogP contribution in [0.5, 0.6) is 0 Å². The Morgan fingerprint density at radius 1 is 1.12 bits per heavy atom. The van der Waals surface area contributed by atoms with Gasteiger partial charge in [0.15, 0.2) is 9.84 Å². The minimum atomic E-state index is -3.34. The molecule has 4 aliphatic rings. The van der Waals surface area contributed by atoms with E-state index in [0.29, 0.717) is 36.0 Å². The second-order valence-electron chi connectivity index (χ2n) is 10.3. The molecule has 9 heteroatoms. The Bertz CT molecular complexity index is 1300. The zero-order valence-electron chi connectivity index (χ0n) is 18.8. The largest absolute Gasteiger partial charge is 0.341 e. The van der Waals surface area contributed by atoms with Gasteiger partial charge < -0.3 is 9.88 Å². The highest BCUT2D eigenvalue weighted by molar-refractivity contribution is 7.90. The SMILES string of the molecule is CS(=O)(=O)c1ccc2c(c1)[nH]c(=O)n2C1CC2CCC(C1)N2CC(=O)N1CC2C=CCC2C1. The van der Waals surface area contributed by atoms with Crippen LogP contribution in [-0.4, -0.2) is 71.6 Å². The molecule has 1 aromatic heterocycles. The lowest BCUT2D eigenvalue weighted by Crippen LogP contribution is -2.49. The van der Waals surface area contributed by atoms with Crippen molar-refractivity contribution < 1.29 is 13.2 Å². The number of allylic oxidation sites excluding steroid dienone is 1. The summed E-state index contributed by atoms with van der Waals surface area (Å²) in [5.74, 6) is 1.38. The van der Waals surface area contributed by atoms with Crippen molar-refractivity contribution in [3.63, 3.8) is 0 Å². The first-order valence-corrected chi connectivity index (χ1v) is 13.8. The fourth-order valence-corrected chi connectivity index (χ4v) is 7.32. The molecule has 1 aromatic carbocycles. The van der Waals surface area contributed by atoms with E-state index in [1.165, 1.54) is 6.26 Å². The average Bonchev–Trinajstić information content (AvgIpc) is 3.48. The average molecular weight is 471 g/mol. The number of imidazole rings is 1. The number of fused-ring (bicyclic) bond motifs is 4. The van der Waals surface area contributed by atoms with E-state index in [1.54, 1.807) is 22.8 Å². The number of amides is 1. The van der Waals surface area contributed by atoms with Gasteiger partial charge in [0.1, 0.15) is 0 Å². The predicted molar refractivity (Wildman–Crippen MR) is 125 cm³/mol. The summed E-state index contributed by atoms with van der Waals surface area (Å²) in [7, 11) is -3.34. The summed E-state index contributed by atoms with van der Waals surface area (Å²) >= 11 is 0. The summed E-state index contributed by atoms with van der Waals surface area (Å²) in [5, 5.41) is 0. The number of aromatic amines is 1. The van der Waals surface area contributed by atoms with Crippen LogP contribution in [0, 0.1) is 11.8 Å². The fraction of sp³-hybridized carbons (Fsp3) is 0.583. The molecular formula is C24H30N4O4S. The molecule has 33 heavy (non-hydrogen) atoms. The van der Waals surface area contributed by atoms with Crippen molar-refractivity contribution in [3.05, 3.63) is 40.8 Å². The lowest BCUT2D eigenvalue weighted by atomic mass is 9.96. The molecule has 2 aromatic rings. The quantitative estimate of drug-likeness (QED) is 0.689. The highest BCUT2D eigenvalue weighted by Gasteiger charge is 2.44.